The molecule has 0 aliphatic heterocycles. The molecule has 1 heterocycles. The van der Waals surface area contributed by atoms with Gasteiger partial charge >= 0.3 is 0 Å². The second kappa shape index (κ2) is 8.77. The zero-order valence-corrected chi connectivity index (χ0v) is 19.8. The van der Waals surface area contributed by atoms with Crippen LogP contribution in [0.25, 0.3) is 22.0 Å². The number of fused-ring (bicyclic) bond motifs is 1. The minimum Gasteiger partial charge on any atom is -0.457 e. The number of aromatic nitrogens is 1. The molecule has 0 spiro atoms. The predicted molar refractivity (Wildman–Crippen MR) is 124 cm³/mol. The Morgan fingerprint density at radius 1 is 0.882 bits per heavy atom. The fourth-order valence-corrected chi connectivity index (χ4v) is 5.30. The maximum Gasteiger partial charge on any atom is 0.178 e. The van der Waals surface area contributed by atoms with Crippen molar-refractivity contribution < 1.29 is 30.4 Å². The molecular formula is C24H19F2NO5S2. The molecule has 0 radical (unpaired) electrons. The summed E-state index contributed by atoms with van der Waals surface area (Å²) in [5.41, 5.74) is 0.688. The first kappa shape index (κ1) is 23.8. The van der Waals surface area contributed by atoms with E-state index in [0.29, 0.717) is 10.9 Å². The molecule has 3 aromatic carbocycles. The topological polar surface area (TPSA) is 90.4 Å². The Hall–Kier alpha value is -3.37. The molecule has 34 heavy (non-hydrogen) atoms. The Balaban J connectivity index is 1.82. The summed E-state index contributed by atoms with van der Waals surface area (Å²) in [7, 11) is -7.25. The first-order valence-corrected chi connectivity index (χ1v) is 13.6. The molecule has 4 rings (SSSR count). The van der Waals surface area contributed by atoms with Crippen LogP contribution in [0.4, 0.5) is 8.78 Å². The van der Waals surface area contributed by atoms with Gasteiger partial charge in [0.15, 0.2) is 19.7 Å². The maximum absolute atomic E-state index is 14.9. The van der Waals surface area contributed by atoms with Crippen molar-refractivity contribution >= 4 is 30.6 Å². The van der Waals surface area contributed by atoms with Gasteiger partial charge in [-0.3, -0.25) is 4.98 Å². The van der Waals surface area contributed by atoms with E-state index in [0.717, 1.165) is 24.5 Å². The predicted octanol–water partition coefficient (Wildman–Crippen LogP) is 5.17. The van der Waals surface area contributed by atoms with Gasteiger partial charge in [0, 0.05) is 29.5 Å². The Morgan fingerprint density at radius 3 is 2.35 bits per heavy atom. The summed E-state index contributed by atoms with van der Waals surface area (Å²) in [6, 6.07) is 13.1. The summed E-state index contributed by atoms with van der Waals surface area (Å²) in [6.45, 7) is 1.45. The molecule has 0 fully saturated rings. The van der Waals surface area contributed by atoms with Crippen LogP contribution in [0.1, 0.15) is 6.92 Å². The van der Waals surface area contributed by atoms with Crippen molar-refractivity contribution in [1.82, 2.24) is 4.98 Å². The molecule has 6 nitrogen and oxygen atoms in total. The van der Waals surface area contributed by atoms with Crippen molar-refractivity contribution in [3.8, 4) is 22.6 Å². The maximum atomic E-state index is 14.9. The second-order valence-corrected chi connectivity index (χ2v) is 11.8. The molecule has 0 atom stereocenters. The van der Waals surface area contributed by atoms with Crippen LogP contribution in [0.2, 0.25) is 0 Å². The van der Waals surface area contributed by atoms with E-state index in [1.165, 1.54) is 37.4 Å². The van der Waals surface area contributed by atoms with Crippen LogP contribution in [0.5, 0.6) is 11.5 Å². The van der Waals surface area contributed by atoms with Crippen LogP contribution in [0, 0.1) is 11.6 Å². The van der Waals surface area contributed by atoms with E-state index in [9.17, 15) is 25.6 Å². The highest BCUT2D eigenvalue weighted by Crippen LogP contribution is 2.35. The molecule has 0 unspecified atom stereocenters. The molecule has 0 amide bonds. The number of hydrogen-bond donors (Lipinski definition) is 0. The third kappa shape index (κ3) is 4.64. The van der Waals surface area contributed by atoms with Gasteiger partial charge in [-0.05, 0) is 48.0 Å². The molecule has 0 aliphatic carbocycles. The average Bonchev–Trinajstić information content (AvgIpc) is 2.78. The molecule has 4 aromatic rings. The highest BCUT2D eigenvalue weighted by Gasteiger charge is 2.18. The van der Waals surface area contributed by atoms with Crippen LogP contribution in [-0.4, -0.2) is 33.8 Å². The SMILES string of the molecule is CCS(=O)(=O)c1cc(F)cc(Oc2ccc(F)c(-c3ccnc4c(S(C)(=O)=O)cccc34)c2)c1. The summed E-state index contributed by atoms with van der Waals surface area (Å²) in [6.07, 6.45) is 2.45. The van der Waals surface area contributed by atoms with E-state index in [-0.39, 0.29) is 38.1 Å². The quantitative estimate of drug-likeness (QED) is 0.361. The van der Waals surface area contributed by atoms with Gasteiger partial charge in [-0.25, -0.2) is 25.6 Å². The van der Waals surface area contributed by atoms with Crippen molar-refractivity contribution in [3.63, 3.8) is 0 Å². The number of para-hydroxylation sites is 1. The van der Waals surface area contributed by atoms with Gasteiger partial charge in [0.25, 0.3) is 0 Å². The van der Waals surface area contributed by atoms with Crippen LogP contribution >= 0.6 is 0 Å². The minimum atomic E-state index is -3.67. The van der Waals surface area contributed by atoms with E-state index >= 15 is 0 Å². The normalized spacial score (nSPS) is 12.1. The Labute approximate surface area is 195 Å². The number of nitrogens with zero attached hydrogens (tertiary/aromatic N) is 1. The fraction of sp³-hybridized carbons (Fsp3) is 0.125. The molecule has 176 valence electrons. The van der Waals surface area contributed by atoms with Crippen molar-refractivity contribution in [2.24, 2.45) is 0 Å². The van der Waals surface area contributed by atoms with Crippen molar-refractivity contribution in [1.29, 1.82) is 0 Å². The number of rotatable bonds is 6. The standard InChI is InChI=1S/C24H19F2NO5S2/c1-3-34(30,31)18-12-15(25)11-17(13-18)32-16-7-8-22(26)21(14-16)19-9-10-27-24-20(19)5-4-6-23(24)33(2,28)29/h4-14H,3H2,1-2H3. The van der Waals surface area contributed by atoms with Crippen molar-refractivity contribution in [2.45, 2.75) is 16.7 Å². The fourth-order valence-electron chi connectivity index (χ4n) is 3.54. The van der Waals surface area contributed by atoms with Gasteiger partial charge in [0.05, 0.1) is 21.1 Å². The third-order valence-electron chi connectivity index (χ3n) is 5.18. The van der Waals surface area contributed by atoms with Gasteiger partial charge in [-0.2, -0.15) is 0 Å². The largest absolute Gasteiger partial charge is 0.457 e. The smallest absolute Gasteiger partial charge is 0.178 e. The number of ether oxygens (including phenoxy) is 1. The number of benzene rings is 3. The van der Waals surface area contributed by atoms with Crippen molar-refractivity contribution in [3.05, 3.63) is 78.5 Å². The number of halogens is 2. The van der Waals surface area contributed by atoms with Gasteiger partial charge in [-0.15, -0.1) is 0 Å². The molecule has 0 bridgehead atoms. The minimum absolute atomic E-state index is 0.0177. The lowest BCUT2D eigenvalue weighted by Crippen LogP contribution is -2.04. The highest BCUT2D eigenvalue weighted by atomic mass is 32.2. The van der Waals surface area contributed by atoms with E-state index in [1.807, 2.05) is 0 Å². The monoisotopic (exact) mass is 503 g/mol. The van der Waals surface area contributed by atoms with E-state index < -0.39 is 31.3 Å². The number of pyridine rings is 1. The Morgan fingerprint density at radius 2 is 1.65 bits per heavy atom. The molecule has 0 saturated heterocycles. The first-order chi connectivity index (χ1) is 16.0. The summed E-state index contributed by atoms with van der Waals surface area (Å²) in [4.78, 5) is 3.97. The van der Waals surface area contributed by atoms with Gasteiger partial charge in [0.1, 0.15) is 23.1 Å². The molecular weight excluding hydrogens is 484 g/mol. The lowest BCUT2D eigenvalue weighted by molar-refractivity contribution is 0.472. The molecule has 0 aliphatic rings. The molecule has 1 aromatic heterocycles. The Bertz CT molecular complexity index is 1640. The van der Waals surface area contributed by atoms with E-state index in [4.69, 9.17) is 4.74 Å². The van der Waals surface area contributed by atoms with Crippen LogP contribution in [0.15, 0.2) is 76.7 Å². The van der Waals surface area contributed by atoms with Crippen LogP contribution < -0.4 is 4.74 Å². The summed E-state index contributed by atoms with van der Waals surface area (Å²) >= 11 is 0. The zero-order chi connectivity index (χ0) is 24.7. The van der Waals surface area contributed by atoms with Gasteiger partial charge in [-0.1, -0.05) is 19.1 Å². The number of hydrogen-bond acceptors (Lipinski definition) is 6. The lowest BCUT2D eigenvalue weighted by Gasteiger charge is -2.13. The zero-order valence-electron chi connectivity index (χ0n) is 18.1. The Kier molecular flexibility index (Phi) is 6.13. The van der Waals surface area contributed by atoms with Crippen LogP contribution in [0.3, 0.4) is 0 Å². The van der Waals surface area contributed by atoms with E-state index in [2.05, 4.69) is 4.98 Å². The second-order valence-electron chi connectivity index (χ2n) is 7.55. The summed E-state index contributed by atoms with van der Waals surface area (Å²) < 4.78 is 83.2. The first-order valence-electron chi connectivity index (χ1n) is 10.1. The third-order valence-corrected chi connectivity index (χ3v) is 8.02. The molecule has 0 N–H and O–H groups in total. The van der Waals surface area contributed by atoms with E-state index in [1.54, 1.807) is 18.2 Å². The molecule has 0 saturated carbocycles. The van der Waals surface area contributed by atoms with Gasteiger partial charge in [0.2, 0.25) is 0 Å². The summed E-state index contributed by atoms with van der Waals surface area (Å²) in [5.74, 6) is -1.53. The number of sulfone groups is 2. The summed E-state index contributed by atoms with van der Waals surface area (Å²) in [5, 5.41) is 0.420. The average molecular weight is 504 g/mol. The lowest BCUT2D eigenvalue weighted by atomic mass is 10.0. The molecule has 10 heteroatoms. The van der Waals surface area contributed by atoms with Gasteiger partial charge < -0.3 is 4.74 Å². The van der Waals surface area contributed by atoms with Crippen molar-refractivity contribution in [2.75, 3.05) is 12.0 Å². The highest BCUT2D eigenvalue weighted by molar-refractivity contribution is 7.91. The van der Waals surface area contributed by atoms with Crippen LogP contribution in [-0.2, 0) is 19.7 Å².